The zero-order chi connectivity index (χ0) is 22.1. The molecular formula is C19H18Cl3N3O4S. The first-order chi connectivity index (χ1) is 14.1. The minimum absolute atomic E-state index is 0.0197. The van der Waals surface area contributed by atoms with Gasteiger partial charge in [0.2, 0.25) is 15.9 Å². The number of hydrogen-bond acceptors (Lipinski definition) is 4. The van der Waals surface area contributed by atoms with Crippen LogP contribution in [0.4, 0.5) is 5.69 Å². The number of nitrogens with zero attached hydrogens (tertiary/aromatic N) is 1. The van der Waals surface area contributed by atoms with Gasteiger partial charge in [-0.1, -0.05) is 46.9 Å². The van der Waals surface area contributed by atoms with Crippen LogP contribution in [-0.4, -0.2) is 44.8 Å². The van der Waals surface area contributed by atoms with E-state index in [9.17, 15) is 18.0 Å². The van der Waals surface area contributed by atoms with Crippen LogP contribution in [0.1, 0.15) is 23.2 Å². The van der Waals surface area contributed by atoms with Gasteiger partial charge < -0.3 is 10.2 Å². The molecule has 1 fully saturated rings. The maximum absolute atomic E-state index is 12.8. The third kappa shape index (κ3) is 5.44. The molecule has 2 N–H and O–H groups in total. The molecule has 2 aromatic carbocycles. The van der Waals surface area contributed by atoms with Crippen molar-refractivity contribution < 1.29 is 18.0 Å². The van der Waals surface area contributed by atoms with Crippen LogP contribution in [0.25, 0.3) is 0 Å². The predicted molar refractivity (Wildman–Crippen MR) is 117 cm³/mol. The van der Waals surface area contributed by atoms with Crippen LogP contribution >= 0.6 is 34.8 Å². The molecule has 0 spiro atoms. The molecule has 0 radical (unpaired) electrons. The second kappa shape index (κ2) is 9.11. The summed E-state index contributed by atoms with van der Waals surface area (Å²) >= 11 is 18.2. The van der Waals surface area contributed by atoms with Crippen LogP contribution in [0, 0.1) is 0 Å². The zero-order valence-corrected chi connectivity index (χ0v) is 18.9. The van der Waals surface area contributed by atoms with Gasteiger partial charge in [0.1, 0.15) is 4.90 Å². The number of anilines is 1. The molecule has 1 aliphatic carbocycles. The van der Waals surface area contributed by atoms with Crippen molar-refractivity contribution in [1.82, 2.24) is 9.62 Å². The Kier molecular flexibility index (Phi) is 6.94. The molecule has 2 amide bonds. The minimum atomic E-state index is -3.90. The standard InChI is InChI=1S/C19H18Cl3N3O4S/c1-25(10-18(26)23-16-5-3-2-4-13(16)20)19(27)12-8-17(15(22)9-14(12)21)30(28,29)24-11-6-7-11/h2-5,8-9,11,24H,6-7,10H2,1H3,(H,23,26). The van der Waals surface area contributed by atoms with E-state index in [4.69, 9.17) is 34.8 Å². The van der Waals surface area contributed by atoms with Crippen LogP contribution in [0.3, 0.4) is 0 Å². The van der Waals surface area contributed by atoms with Gasteiger partial charge in [-0.2, -0.15) is 0 Å². The number of carbonyl (C=O) groups excluding carboxylic acids is 2. The molecule has 0 heterocycles. The summed E-state index contributed by atoms with van der Waals surface area (Å²) in [6.07, 6.45) is 1.50. The molecule has 7 nitrogen and oxygen atoms in total. The van der Waals surface area contributed by atoms with E-state index in [2.05, 4.69) is 10.0 Å². The Bertz CT molecular complexity index is 1100. The van der Waals surface area contributed by atoms with E-state index < -0.39 is 21.8 Å². The lowest BCUT2D eigenvalue weighted by atomic mass is 10.2. The van der Waals surface area contributed by atoms with E-state index in [0.29, 0.717) is 10.7 Å². The molecule has 1 aliphatic rings. The molecule has 0 atom stereocenters. The number of nitrogens with one attached hydrogen (secondary N) is 2. The fourth-order valence-electron chi connectivity index (χ4n) is 2.63. The van der Waals surface area contributed by atoms with Crippen molar-refractivity contribution in [2.75, 3.05) is 18.9 Å². The van der Waals surface area contributed by atoms with Crippen molar-refractivity contribution in [1.29, 1.82) is 0 Å². The molecule has 30 heavy (non-hydrogen) atoms. The van der Waals surface area contributed by atoms with Gasteiger partial charge in [-0.25, -0.2) is 13.1 Å². The quantitative estimate of drug-likeness (QED) is 0.617. The Morgan fingerprint density at radius 1 is 1.07 bits per heavy atom. The first-order valence-electron chi connectivity index (χ1n) is 8.89. The first-order valence-corrected chi connectivity index (χ1v) is 11.5. The number of halogens is 3. The topological polar surface area (TPSA) is 95.6 Å². The highest BCUT2D eigenvalue weighted by molar-refractivity contribution is 7.89. The molecule has 11 heteroatoms. The maximum atomic E-state index is 12.8. The highest BCUT2D eigenvalue weighted by Crippen LogP contribution is 2.31. The second-order valence-corrected chi connectivity index (χ2v) is 9.75. The van der Waals surface area contributed by atoms with Gasteiger partial charge in [0.15, 0.2) is 0 Å². The summed E-state index contributed by atoms with van der Waals surface area (Å²) in [5.41, 5.74) is 0.333. The summed E-state index contributed by atoms with van der Waals surface area (Å²) in [6, 6.07) is 8.88. The molecule has 0 unspecified atom stereocenters. The van der Waals surface area contributed by atoms with Gasteiger partial charge in [-0.15, -0.1) is 0 Å². The number of amides is 2. The molecular weight excluding hydrogens is 473 g/mol. The number of likely N-dealkylation sites (N-methyl/N-ethyl adjacent to an activating group) is 1. The van der Waals surface area contributed by atoms with Gasteiger partial charge in [0.25, 0.3) is 5.91 Å². The van der Waals surface area contributed by atoms with Crippen molar-refractivity contribution in [3.8, 4) is 0 Å². The van der Waals surface area contributed by atoms with E-state index in [0.717, 1.165) is 23.8 Å². The Hall–Kier alpha value is -1.84. The van der Waals surface area contributed by atoms with Crippen molar-refractivity contribution in [2.24, 2.45) is 0 Å². The van der Waals surface area contributed by atoms with Gasteiger partial charge >= 0.3 is 0 Å². The van der Waals surface area contributed by atoms with Crippen LogP contribution < -0.4 is 10.0 Å². The smallest absolute Gasteiger partial charge is 0.255 e. The van der Waals surface area contributed by atoms with E-state index in [1.165, 1.54) is 13.1 Å². The SMILES string of the molecule is CN(CC(=O)Nc1ccccc1Cl)C(=O)c1cc(S(=O)(=O)NC2CC2)c(Cl)cc1Cl. The molecule has 3 rings (SSSR count). The predicted octanol–water partition coefficient (Wildman–Crippen LogP) is 3.80. The zero-order valence-electron chi connectivity index (χ0n) is 15.8. The molecule has 160 valence electrons. The van der Waals surface area contributed by atoms with Crippen molar-refractivity contribution in [3.63, 3.8) is 0 Å². The summed E-state index contributed by atoms with van der Waals surface area (Å²) in [6.45, 7) is -0.300. The highest BCUT2D eigenvalue weighted by Gasteiger charge is 2.31. The lowest BCUT2D eigenvalue weighted by Gasteiger charge is -2.19. The lowest BCUT2D eigenvalue weighted by molar-refractivity contribution is -0.116. The highest BCUT2D eigenvalue weighted by atomic mass is 35.5. The Labute approximate surface area is 189 Å². The minimum Gasteiger partial charge on any atom is -0.332 e. The Morgan fingerprint density at radius 2 is 1.73 bits per heavy atom. The summed E-state index contributed by atoms with van der Waals surface area (Å²) in [4.78, 5) is 26.0. The average Bonchev–Trinajstić information content (AvgIpc) is 3.46. The largest absolute Gasteiger partial charge is 0.332 e. The van der Waals surface area contributed by atoms with Gasteiger partial charge in [0.05, 0.1) is 32.9 Å². The monoisotopic (exact) mass is 489 g/mol. The van der Waals surface area contributed by atoms with Crippen molar-refractivity contribution in [2.45, 2.75) is 23.8 Å². The third-order valence-electron chi connectivity index (χ3n) is 4.32. The first kappa shape index (κ1) is 22.8. The second-order valence-electron chi connectivity index (χ2n) is 6.85. The maximum Gasteiger partial charge on any atom is 0.255 e. The Balaban J connectivity index is 1.77. The van der Waals surface area contributed by atoms with Crippen LogP contribution in [0.15, 0.2) is 41.3 Å². The average molecular weight is 491 g/mol. The fraction of sp³-hybridized carbons (Fsp3) is 0.263. The number of hydrogen-bond donors (Lipinski definition) is 2. The van der Waals surface area contributed by atoms with E-state index in [1.54, 1.807) is 24.3 Å². The number of benzene rings is 2. The molecule has 2 aromatic rings. The summed E-state index contributed by atoms with van der Waals surface area (Å²) in [7, 11) is -2.50. The number of carbonyl (C=O) groups is 2. The lowest BCUT2D eigenvalue weighted by Crippen LogP contribution is -2.35. The van der Waals surface area contributed by atoms with Crippen molar-refractivity contribution in [3.05, 3.63) is 57.0 Å². The van der Waals surface area contributed by atoms with Gasteiger partial charge in [-0.05, 0) is 37.1 Å². The molecule has 0 saturated heterocycles. The normalized spacial score (nSPS) is 13.7. The summed E-state index contributed by atoms with van der Waals surface area (Å²) < 4.78 is 27.6. The van der Waals surface area contributed by atoms with E-state index >= 15 is 0 Å². The van der Waals surface area contributed by atoms with Crippen LogP contribution in [0.2, 0.25) is 15.1 Å². The Morgan fingerprint density at radius 3 is 2.37 bits per heavy atom. The molecule has 0 aromatic heterocycles. The molecule has 1 saturated carbocycles. The summed E-state index contributed by atoms with van der Waals surface area (Å²) in [5, 5.41) is 2.86. The summed E-state index contributed by atoms with van der Waals surface area (Å²) in [5.74, 6) is -1.11. The van der Waals surface area contributed by atoms with Gasteiger partial charge in [0, 0.05) is 13.1 Å². The molecule has 0 aliphatic heterocycles. The van der Waals surface area contributed by atoms with E-state index in [-0.39, 0.29) is 33.1 Å². The van der Waals surface area contributed by atoms with Crippen LogP contribution in [0.5, 0.6) is 0 Å². The third-order valence-corrected chi connectivity index (χ3v) is 6.94. The fourth-order valence-corrected chi connectivity index (χ4v) is 4.97. The number of sulfonamides is 1. The van der Waals surface area contributed by atoms with Crippen molar-refractivity contribution >= 4 is 62.3 Å². The van der Waals surface area contributed by atoms with Crippen LogP contribution in [-0.2, 0) is 14.8 Å². The molecule has 0 bridgehead atoms. The van der Waals surface area contributed by atoms with E-state index in [1.807, 2.05) is 0 Å². The van der Waals surface area contributed by atoms with Gasteiger partial charge in [-0.3, -0.25) is 9.59 Å². The number of rotatable bonds is 7. The number of para-hydroxylation sites is 1.